The number of aliphatic carboxylic acids is 1. The first-order valence-corrected chi connectivity index (χ1v) is 11.4. The summed E-state index contributed by atoms with van der Waals surface area (Å²) in [5.41, 5.74) is 6.85. The summed E-state index contributed by atoms with van der Waals surface area (Å²) in [5, 5.41) is 20.7. The van der Waals surface area contributed by atoms with E-state index < -0.39 is 42.8 Å². The summed E-state index contributed by atoms with van der Waals surface area (Å²) < 4.78 is 10.6. The molecule has 0 aliphatic heterocycles. The van der Waals surface area contributed by atoms with Crippen LogP contribution in [0.15, 0.2) is 60.7 Å². The lowest BCUT2D eigenvalue weighted by molar-refractivity contribution is -0.143. The van der Waals surface area contributed by atoms with Gasteiger partial charge in [0.05, 0.1) is 6.61 Å². The van der Waals surface area contributed by atoms with E-state index in [0.717, 1.165) is 0 Å². The fourth-order valence-electron chi connectivity index (χ4n) is 3.22. The highest BCUT2D eigenvalue weighted by Crippen LogP contribution is 2.16. The Hall–Kier alpha value is -3.96. The molecule has 0 saturated heterocycles. The Balaban J connectivity index is 2.29. The number of carbonyl (C=O) groups excluding carboxylic acids is 3. The largest absolute Gasteiger partial charge is 0.480 e. The van der Waals surface area contributed by atoms with Crippen molar-refractivity contribution in [2.45, 2.75) is 44.6 Å². The van der Waals surface area contributed by atoms with Gasteiger partial charge in [-0.25, -0.2) is 14.4 Å². The molecule has 2 rings (SSSR count). The molecule has 36 heavy (non-hydrogen) atoms. The van der Waals surface area contributed by atoms with Crippen LogP contribution in [-0.4, -0.2) is 64.4 Å². The maximum Gasteiger partial charge on any atom is 0.420 e. The van der Waals surface area contributed by atoms with E-state index in [0.29, 0.717) is 35.4 Å². The molecule has 0 heterocycles. The van der Waals surface area contributed by atoms with Gasteiger partial charge in [0.2, 0.25) is 5.91 Å². The zero-order valence-corrected chi connectivity index (χ0v) is 19.7. The second kappa shape index (κ2) is 15.1. The molecule has 2 aromatic rings. The zero-order valence-electron chi connectivity index (χ0n) is 19.7. The van der Waals surface area contributed by atoms with Crippen LogP contribution in [-0.2, 0) is 32.3 Å². The summed E-state index contributed by atoms with van der Waals surface area (Å²) in [6, 6.07) is 14.4. The van der Waals surface area contributed by atoms with Crippen molar-refractivity contribution in [1.82, 2.24) is 10.2 Å². The summed E-state index contributed by atoms with van der Waals surface area (Å²) >= 11 is 0. The normalized spacial score (nSPS) is 12.2. The Morgan fingerprint density at radius 2 is 1.36 bits per heavy atom. The highest BCUT2D eigenvalue weighted by molar-refractivity contribution is 5.96. The molecule has 2 aromatic carbocycles. The minimum Gasteiger partial charge on any atom is -0.480 e. The van der Waals surface area contributed by atoms with Crippen molar-refractivity contribution in [3.05, 3.63) is 71.8 Å². The van der Waals surface area contributed by atoms with Crippen LogP contribution in [0, 0.1) is 0 Å². The number of ether oxygens (including phenoxy) is 2. The average Bonchev–Trinajstić information content (AvgIpc) is 2.89. The van der Waals surface area contributed by atoms with E-state index in [2.05, 4.69) is 5.32 Å². The SMILES string of the molecule is NCCCC[C@@H](C(=O)N[C@H](CO)C(=O)O)N(C(=O)OCc1ccccc1)C(=O)OCc1ccccc1. The van der Waals surface area contributed by atoms with Crippen LogP contribution in [0.2, 0.25) is 0 Å². The summed E-state index contributed by atoms with van der Waals surface area (Å²) in [4.78, 5) is 51.0. The van der Waals surface area contributed by atoms with Gasteiger partial charge in [-0.05, 0) is 36.9 Å². The number of carboxylic acids is 1. The van der Waals surface area contributed by atoms with Gasteiger partial charge in [0.1, 0.15) is 25.3 Å². The van der Waals surface area contributed by atoms with Gasteiger partial charge in [0.25, 0.3) is 0 Å². The lowest BCUT2D eigenvalue weighted by Gasteiger charge is -2.29. The van der Waals surface area contributed by atoms with Crippen molar-refractivity contribution in [1.29, 1.82) is 0 Å². The number of aliphatic hydroxyl groups is 1. The minimum atomic E-state index is -1.63. The molecule has 11 nitrogen and oxygen atoms in total. The first-order chi connectivity index (χ1) is 17.4. The van der Waals surface area contributed by atoms with Crippen LogP contribution >= 0.6 is 0 Å². The number of unbranched alkanes of at least 4 members (excludes halogenated alkanes) is 1. The summed E-state index contributed by atoms with van der Waals surface area (Å²) in [6.07, 6.45) is -1.47. The predicted molar refractivity (Wildman–Crippen MR) is 128 cm³/mol. The molecule has 0 radical (unpaired) electrons. The number of rotatable bonds is 13. The Morgan fingerprint density at radius 3 is 1.78 bits per heavy atom. The molecule has 0 aromatic heterocycles. The molecule has 194 valence electrons. The molecule has 0 fully saturated rings. The van der Waals surface area contributed by atoms with Gasteiger partial charge < -0.3 is 30.7 Å². The van der Waals surface area contributed by atoms with Crippen LogP contribution in [0.1, 0.15) is 30.4 Å². The Morgan fingerprint density at radius 1 is 0.861 bits per heavy atom. The first kappa shape index (κ1) is 28.3. The van der Waals surface area contributed by atoms with Crippen molar-refractivity contribution in [3.8, 4) is 0 Å². The molecule has 0 spiro atoms. The minimum absolute atomic E-state index is 0.0261. The van der Waals surface area contributed by atoms with E-state index in [1.54, 1.807) is 60.7 Å². The standard InChI is InChI=1S/C25H31N3O8/c26-14-8-7-13-21(22(30)27-20(15-29)23(31)32)28(24(33)35-16-18-9-3-1-4-10-18)25(34)36-17-19-11-5-2-6-12-19/h1-6,9-12,20-21,29H,7-8,13-17,26H2,(H,27,30)(H,31,32)/t20-,21+/m1/s1. The molecule has 0 unspecified atom stereocenters. The van der Waals surface area contributed by atoms with Crippen LogP contribution in [0.5, 0.6) is 0 Å². The maximum atomic E-state index is 13.1. The summed E-state index contributed by atoms with van der Waals surface area (Å²) in [7, 11) is 0. The number of hydrogen-bond acceptors (Lipinski definition) is 8. The van der Waals surface area contributed by atoms with E-state index in [1.807, 2.05) is 0 Å². The predicted octanol–water partition coefficient (Wildman–Crippen LogP) is 2.02. The van der Waals surface area contributed by atoms with Crippen LogP contribution in [0.25, 0.3) is 0 Å². The Bertz CT molecular complexity index is 932. The van der Waals surface area contributed by atoms with E-state index in [-0.39, 0.29) is 19.6 Å². The number of carboxylic acid groups (broad SMARTS) is 1. The van der Waals surface area contributed by atoms with Gasteiger partial charge in [-0.1, -0.05) is 60.7 Å². The Kier molecular flexibility index (Phi) is 11.9. The lowest BCUT2D eigenvalue weighted by Crippen LogP contribution is -2.56. The molecule has 2 atom stereocenters. The van der Waals surface area contributed by atoms with Gasteiger partial charge in [0.15, 0.2) is 0 Å². The number of benzene rings is 2. The molecule has 5 N–H and O–H groups in total. The number of amides is 3. The number of imide groups is 1. The number of aliphatic hydroxyl groups excluding tert-OH is 1. The molecule has 0 bridgehead atoms. The molecule has 11 heteroatoms. The highest BCUT2D eigenvalue weighted by Gasteiger charge is 2.38. The first-order valence-electron chi connectivity index (χ1n) is 11.4. The number of nitrogens with zero attached hydrogens (tertiary/aromatic N) is 1. The molecule has 0 aliphatic carbocycles. The Labute approximate surface area is 208 Å². The number of hydrogen-bond donors (Lipinski definition) is 4. The quantitative estimate of drug-likeness (QED) is 0.300. The highest BCUT2D eigenvalue weighted by atomic mass is 16.6. The van der Waals surface area contributed by atoms with Crippen molar-refractivity contribution >= 4 is 24.1 Å². The van der Waals surface area contributed by atoms with Crippen molar-refractivity contribution in [3.63, 3.8) is 0 Å². The molecule has 0 aliphatic rings. The fourth-order valence-corrected chi connectivity index (χ4v) is 3.22. The summed E-state index contributed by atoms with van der Waals surface area (Å²) in [5.74, 6) is -2.43. The molecular weight excluding hydrogens is 470 g/mol. The van der Waals surface area contributed by atoms with E-state index in [4.69, 9.17) is 15.2 Å². The van der Waals surface area contributed by atoms with Crippen LogP contribution in [0.4, 0.5) is 9.59 Å². The van der Waals surface area contributed by atoms with Gasteiger partial charge in [0, 0.05) is 0 Å². The molecule has 3 amide bonds. The lowest BCUT2D eigenvalue weighted by atomic mass is 10.1. The number of nitrogens with one attached hydrogen (secondary N) is 1. The third kappa shape index (κ3) is 9.01. The molecular formula is C25H31N3O8. The monoisotopic (exact) mass is 501 g/mol. The number of carbonyl (C=O) groups is 4. The fraction of sp³-hybridized carbons (Fsp3) is 0.360. The van der Waals surface area contributed by atoms with Gasteiger partial charge in [-0.15, -0.1) is 0 Å². The smallest absolute Gasteiger partial charge is 0.420 e. The molecule has 0 saturated carbocycles. The van der Waals surface area contributed by atoms with Gasteiger partial charge in [-0.2, -0.15) is 4.90 Å². The second-order valence-corrected chi connectivity index (χ2v) is 7.83. The van der Waals surface area contributed by atoms with E-state index in [1.165, 1.54) is 0 Å². The van der Waals surface area contributed by atoms with Gasteiger partial charge in [-0.3, -0.25) is 4.79 Å². The third-order valence-corrected chi connectivity index (χ3v) is 5.15. The number of nitrogens with two attached hydrogens (primary N) is 1. The third-order valence-electron chi connectivity index (χ3n) is 5.15. The van der Waals surface area contributed by atoms with Crippen molar-refractivity contribution < 1.29 is 38.9 Å². The van der Waals surface area contributed by atoms with E-state index >= 15 is 0 Å². The second-order valence-electron chi connectivity index (χ2n) is 7.83. The van der Waals surface area contributed by atoms with E-state index in [9.17, 15) is 29.4 Å². The van der Waals surface area contributed by atoms with Crippen molar-refractivity contribution in [2.75, 3.05) is 13.2 Å². The maximum absolute atomic E-state index is 13.1. The van der Waals surface area contributed by atoms with Crippen LogP contribution in [0.3, 0.4) is 0 Å². The van der Waals surface area contributed by atoms with Crippen LogP contribution < -0.4 is 11.1 Å². The summed E-state index contributed by atoms with van der Waals surface area (Å²) in [6.45, 7) is -0.922. The average molecular weight is 502 g/mol. The van der Waals surface area contributed by atoms with Crippen molar-refractivity contribution in [2.24, 2.45) is 5.73 Å². The van der Waals surface area contributed by atoms with Gasteiger partial charge >= 0.3 is 18.2 Å². The zero-order chi connectivity index (χ0) is 26.3. The topological polar surface area (TPSA) is 168 Å².